The Bertz CT molecular complexity index is 529. The van der Waals surface area contributed by atoms with Crippen LogP contribution >= 0.6 is 0 Å². The first-order valence-electron chi connectivity index (χ1n) is 7.37. The summed E-state index contributed by atoms with van der Waals surface area (Å²) < 4.78 is 0. The Morgan fingerprint density at radius 1 is 1.50 bits per heavy atom. The molecule has 0 aliphatic rings. The molecule has 0 aromatic heterocycles. The number of allylic oxidation sites excluding steroid dienone is 1. The Morgan fingerprint density at radius 3 is 2.77 bits per heavy atom. The van der Waals surface area contributed by atoms with Crippen molar-refractivity contribution in [1.82, 2.24) is 10.2 Å². The van der Waals surface area contributed by atoms with Gasteiger partial charge < -0.3 is 11.1 Å². The second-order valence-electron chi connectivity index (χ2n) is 5.27. The number of hydrogen-bond donors (Lipinski definition) is 2. The largest absolute Gasteiger partial charge is 0.358 e. The van der Waals surface area contributed by atoms with E-state index in [0.717, 1.165) is 23.8 Å². The molecular weight excluding hydrogens is 278 g/mol. The molecule has 0 spiro atoms. The van der Waals surface area contributed by atoms with Crippen LogP contribution < -0.4 is 11.1 Å². The lowest BCUT2D eigenvalue weighted by Gasteiger charge is -2.27. The smallest absolute Gasteiger partial charge is 0.237 e. The average molecular weight is 303 g/mol. The number of nitrogens with one attached hydrogen (secondary N) is 1. The van der Waals surface area contributed by atoms with Crippen molar-refractivity contribution in [2.75, 3.05) is 14.1 Å². The molecule has 120 valence electrons. The lowest BCUT2D eigenvalue weighted by molar-refractivity contribution is -0.125. The summed E-state index contributed by atoms with van der Waals surface area (Å²) >= 11 is 0. The lowest BCUT2D eigenvalue weighted by Crippen LogP contribution is -2.43. The van der Waals surface area contributed by atoms with Gasteiger partial charge in [-0.3, -0.25) is 14.5 Å². The monoisotopic (exact) mass is 303 g/mol. The minimum atomic E-state index is -0.260. The van der Waals surface area contributed by atoms with Gasteiger partial charge in [-0.25, -0.2) is 0 Å². The van der Waals surface area contributed by atoms with Gasteiger partial charge in [0.2, 0.25) is 5.91 Å². The van der Waals surface area contributed by atoms with Gasteiger partial charge in [-0.05, 0) is 31.0 Å². The molecule has 0 aliphatic heterocycles. The maximum Gasteiger partial charge on any atom is 0.237 e. The second kappa shape index (κ2) is 9.12. The third-order valence-corrected chi connectivity index (χ3v) is 3.72. The molecular formula is C17H25N3O2. The van der Waals surface area contributed by atoms with Crippen LogP contribution in [0.4, 0.5) is 0 Å². The average Bonchev–Trinajstić information content (AvgIpc) is 2.54. The highest BCUT2D eigenvalue weighted by Gasteiger charge is 2.22. The molecule has 1 rings (SSSR count). The topological polar surface area (TPSA) is 75.4 Å². The summed E-state index contributed by atoms with van der Waals surface area (Å²) in [5, 5.41) is 2.69. The summed E-state index contributed by atoms with van der Waals surface area (Å²) in [6.07, 6.45) is 4.08. The third kappa shape index (κ3) is 4.79. The molecule has 0 fully saturated rings. The minimum absolute atomic E-state index is 0.0352. The van der Waals surface area contributed by atoms with Crippen LogP contribution in [0.5, 0.6) is 0 Å². The van der Waals surface area contributed by atoms with Crippen molar-refractivity contribution in [3.05, 3.63) is 47.5 Å². The molecule has 1 unspecified atom stereocenters. The van der Waals surface area contributed by atoms with E-state index in [2.05, 4.69) is 11.9 Å². The van der Waals surface area contributed by atoms with Gasteiger partial charge in [0.05, 0.1) is 6.04 Å². The van der Waals surface area contributed by atoms with E-state index < -0.39 is 0 Å². The normalized spacial score (nSPS) is 12.0. The number of benzene rings is 1. The minimum Gasteiger partial charge on any atom is -0.358 e. The summed E-state index contributed by atoms with van der Waals surface area (Å²) in [6.45, 7) is 4.63. The maximum absolute atomic E-state index is 12.1. The Kier molecular flexibility index (Phi) is 7.49. The summed E-state index contributed by atoms with van der Waals surface area (Å²) in [5.41, 5.74) is 8.14. The van der Waals surface area contributed by atoms with Crippen molar-refractivity contribution in [1.29, 1.82) is 0 Å². The summed E-state index contributed by atoms with van der Waals surface area (Å²) in [4.78, 5) is 25.2. The van der Waals surface area contributed by atoms with Crippen molar-refractivity contribution in [2.45, 2.75) is 32.0 Å². The maximum atomic E-state index is 12.1. The molecule has 0 saturated heterocycles. The first-order chi connectivity index (χ1) is 10.6. The zero-order valence-electron chi connectivity index (χ0n) is 13.3. The number of carbonyl (C=O) groups is 2. The van der Waals surface area contributed by atoms with Gasteiger partial charge in [-0.15, -0.1) is 6.58 Å². The van der Waals surface area contributed by atoms with Crippen molar-refractivity contribution in [3.8, 4) is 0 Å². The number of aldehydes is 1. The van der Waals surface area contributed by atoms with Crippen molar-refractivity contribution < 1.29 is 9.59 Å². The molecule has 0 heterocycles. The van der Waals surface area contributed by atoms with Gasteiger partial charge in [0.25, 0.3) is 0 Å². The Morgan fingerprint density at radius 2 is 2.23 bits per heavy atom. The Hall–Kier alpha value is -1.98. The number of amides is 1. The van der Waals surface area contributed by atoms with Gasteiger partial charge in [-0.2, -0.15) is 0 Å². The van der Waals surface area contributed by atoms with E-state index in [1.165, 1.54) is 0 Å². The van der Waals surface area contributed by atoms with E-state index in [-0.39, 0.29) is 11.9 Å². The van der Waals surface area contributed by atoms with Gasteiger partial charge in [-0.1, -0.05) is 24.3 Å². The molecule has 22 heavy (non-hydrogen) atoms. The third-order valence-electron chi connectivity index (χ3n) is 3.72. The molecule has 0 saturated carbocycles. The highest BCUT2D eigenvalue weighted by Crippen LogP contribution is 2.16. The highest BCUT2D eigenvalue weighted by molar-refractivity contribution is 5.81. The highest BCUT2D eigenvalue weighted by atomic mass is 16.2. The van der Waals surface area contributed by atoms with Gasteiger partial charge in [0, 0.05) is 25.7 Å². The fraction of sp³-hybridized carbons (Fsp3) is 0.412. The Labute approximate surface area is 132 Å². The molecule has 5 nitrogen and oxygen atoms in total. The molecule has 1 amide bonds. The number of hydrogen-bond acceptors (Lipinski definition) is 4. The quantitative estimate of drug-likeness (QED) is 0.535. The predicted molar refractivity (Wildman–Crippen MR) is 88.5 cm³/mol. The van der Waals surface area contributed by atoms with Crippen LogP contribution in [-0.4, -0.2) is 37.2 Å². The zero-order valence-corrected chi connectivity index (χ0v) is 13.3. The molecule has 3 N–H and O–H groups in total. The first kappa shape index (κ1) is 18.1. The van der Waals surface area contributed by atoms with Crippen molar-refractivity contribution >= 4 is 12.2 Å². The summed E-state index contributed by atoms with van der Waals surface area (Å²) in [7, 11) is 3.51. The lowest BCUT2D eigenvalue weighted by atomic mass is 10.0. The van der Waals surface area contributed by atoms with Crippen molar-refractivity contribution in [3.63, 3.8) is 0 Å². The van der Waals surface area contributed by atoms with Crippen LogP contribution in [0.1, 0.15) is 34.3 Å². The number of nitrogens with zero attached hydrogens (tertiary/aromatic N) is 1. The summed E-state index contributed by atoms with van der Waals surface area (Å²) in [6, 6.07) is 5.29. The molecule has 0 radical (unpaired) electrons. The SMILES string of the molecule is C=CCCC(C(=O)NC)N(C)Cc1cc(CN)ccc1C=O. The summed E-state index contributed by atoms with van der Waals surface area (Å²) in [5.74, 6) is -0.0352. The molecule has 5 heteroatoms. The molecule has 1 aromatic rings. The first-order valence-corrected chi connectivity index (χ1v) is 7.37. The van der Waals surface area contributed by atoms with Crippen molar-refractivity contribution in [2.24, 2.45) is 5.73 Å². The Balaban J connectivity index is 2.96. The van der Waals surface area contributed by atoms with E-state index in [1.807, 2.05) is 24.1 Å². The van der Waals surface area contributed by atoms with Crippen LogP contribution in [0.15, 0.2) is 30.9 Å². The van der Waals surface area contributed by atoms with Crippen LogP contribution in [-0.2, 0) is 17.9 Å². The van der Waals surface area contributed by atoms with Gasteiger partial charge >= 0.3 is 0 Å². The predicted octanol–water partition coefficient (Wildman–Crippen LogP) is 1.47. The molecule has 1 aromatic carbocycles. The van der Waals surface area contributed by atoms with E-state index in [0.29, 0.717) is 25.1 Å². The number of carbonyl (C=O) groups excluding carboxylic acids is 2. The van der Waals surface area contributed by atoms with E-state index in [1.54, 1.807) is 19.2 Å². The number of likely N-dealkylation sites (N-methyl/N-ethyl adjacent to an activating group) is 2. The molecule has 1 atom stereocenters. The van der Waals surface area contributed by atoms with Crippen LogP contribution in [0.3, 0.4) is 0 Å². The fourth-order valence-electron chi connectivity index (χ4n) is 2.41. The molecule has 0 aliphatic carbocycles. The number of rotatable bonds is 9. The van der Waals surface area contributed by atoms with Crippen LogP contribution in [0.25, 0.3) is 0 Å². The second-order valence-corrected chi connectivity index (χ2v) is 5.27. The van der Waals surface area contributed by atoms with E-state index >= 15 is 0 Å². The fourth-order valence-corrected chi connectivity index (χ4v) is 2.41. The standard InChI is InChI=1S/C17H25N3O2/c1-4-5-6-16(17(22)19-2)20(3)11-15-9-13(10-18)7-8-14(15)12-21/h4,7-9,12,16H,1,5-6,10-11,18H2,2-3H3,(H,19,22). The van der Waals surface area contributed by atoms with Gasteiger partial charge in [0.15, 0.2) is 0 Å². The van der Waals surface area contributed by atoms with E-state index in [9.17, 15) is 9.59 Å². The van der Waals surface area contributed by atoms with E-state index in [4.69, 9.17) is 5.73 Å². The van der Waals surface area contributed by atoms with Gasteiger partial charge in [0.1, 0.15) is 6.29 Å². The molecule has 0 bridgehead atoms. The number of nitrogens with two attached hydrogens (primary N) is 1. The zero-order chi connectivity index (χ0) is 16.5. The van der Waals surface area contributed by atoms with Crippen LogP contribution in [0, 0.1) is 0 Å². The van der Waals surface area contributed by atoms with Crippen LogP contribution in [0.2, 0.25) is 0 Å².